The van der Waals surface area contributed by atoms with Crippen LogP contribution >= 0.6 is 23.2 Å². The normalized spacial score (nSPS) is 12.2. The second kappa shape index (κ2) is 6.49. The van der Waals surface area contributed by atoms with E-state index in [1.54, 1.807) is 18.2 Å². The van der Waals surface area contributed by atoms with Crippen LogP contribution in [0.3, 0.4) is 0 Å². The van der Waals surface area contributed by atoms with E-state index >= 15 is 0 Å². The van der Waals surface area contributed by atoms with Gasteiger partial charge in [0.15, 0.2) is 0 Å². The van der Waals surface area contributed by atoms with Crippen molar-refractivity contribution in [3.05, 3.63) is 71.0 Å². The molecular weight excluding hydrogens is 405 g/mol. The minimum Gasteiger partial charge on any atom is -0.365 e. The number of nitrogens with one attached hydrogen (secondary N) is 1. The first-order valence-corrected chi connectivity index (χ1v) is 10.6. The minimum atomic E-state index is -4.11. The van der Waals surface area contributed by atoms with Crippen LogP contribution in [-0.2, 0) is 19.7 Å². The zero-order chi connectivity index (χ0) is 18.2. The average Bonchev–Trinajstić information content (AvgIpc) is 3.09. The summed E-state index contributed by atoms with van der Waals surface area (Å²) in [7, 11) is -8.12. The van der Waals surface area contributed by atoms with Crippen LogP contribution in [0.5, 0.6) is 0 Å². The lowest BCUT2D eigenvalue weighted by atomic mass is 10.4. The van der Waals surface area contributed by atoms with E-state index in [4.69, 9.17) is 23.2 Å². The van der Waals surface area contributed by atoms with Gasteiger partial charge in [-0.15, -0.1) is 0 Å². The highest BCUT2D eigenvalue weighted by Crippen LogP contribution is 2.33. The summed E-state index contributed by atoms with van der Waals surface area (Å²) < 4.78 is 51.3. The van der Waals surface area contributed by atoms with Crippen LogP contribution in [0, 0.1) is 0 Å². The number of rotatable bonds is 4. The van der Waals surface area contributed by atoms with Crippen LogP contribution in [0.15, 0.2) is 80.5 Å². The Hall–Kier alpha value is -1.80. The molecule has 0 aliphatic rings. The number of hydrogen-bond donors (Lipinski definition) is 1. The van der Waals surface area contributed by atoms with Gasteiger partial charge in [-0.05, 0) is 30.3 Å². The van der Waals surface area contributed by atoms with E-state index in [2.05, 4.69) is 4.98 Å². The van der Waals surface area contributed by atoms with Gasteiger partial charge in [-0.1, -0.05) is 41.4 Å². The van der Waals surface area contributed by atoms with Crippen molar-refractivity contribution >= 4 is 42.9 Å². The summed E-state index contributed by atoms with van der Waals surface area (Å²) in [5.41, 5.74) is 0. The fraction of sp³-hybridized carbons (Fsp3) is 0. The third-order valence-corrected chi connectivity index (χ3v) is 7.97. The smallest absolute Gasteiger partial charge is 0.209 e. The van der Waals surface area contributed by atoms with E-state index in [0.29, 0.717) is 0 Å². The molecule has 0 atom stereocenters. The lowest BCUT2D eigenvalue weighted by Gasteiger charge is -2.08. The Bertz CT molecular complexity index is 1140. The Balaban J connectivity index is 2.18. The number of sulfone groups is 2. The standard InChI is InChI=1S/C16H11Cl2NO4S2/c17-13-7-6-12(8-14(13)18)25(22,23)16-10-19-9-15(16)24(20,21)11-4-2-1-3-5-11/h1-10,19H. The van der Waals surface area contributed by atoms with Crippen molar-refractivity contribution < 1.29 is 16.8 Å². The molecule has 2 aromatic carbocycles. The fourth-order valence-corrected chi connectivity index (χ4v) is 5.91. The Morgan fingerprint density at radius 3 is 1.80 bits per heavy atom. The molecule has 0 amide bonds. The van der Waals surface area contributed by atoms with Gasteiger partial charge in [-0.25, -0.2) is 16.8 Å². The Kier molecular flexibility index (Phi) is 4.68. The highest BCUT2D eigenvalue weighted by molar-refractivity contribution is 7.94. The highest BCUT2D eigenvalue weighted by atomic mass is 35.5. The lowest BCUT2D eigenvalue weighted by molar-refractivity contribution is 0.584. The highest BCUT2D eigenvalue weighted by Gasteiger charge is 2.30. The molecule has 0 spiro atoms. The van der Waals surface area contributed by atoms with Gasteiger partial charge in [-0.2, -0.15) is 0 Å². The monoisotopic (exact) mass is 415 g/mol. The molecule has 0 saturated heterocycles. The Morgan fingerprint density at radius 1 is 0.680 bits per heavy atom. The van der Waals surface area contributed by atoms with Crippen molar-refractivity contribution in [2.75, 3.05) is 0 Å². The SMILES string of the molecule is O=S(=O)(c1ccccc1)c1c[nH]cc1S(=O)(=O)c1ccc(Cl)c(Cl)c1. The maximum absolute atomic E-state index is 12.9. The van der Waals surface area contributed by atoms with Gasteiger partial charge in [0.2, 0.25) is 19.7 Å². The second-order valence-electron chi connectivity index (χ2n) is 5.08. The summed E-state index contributed by atoms with van der Waals surface area (Å²) >= 11 is 11.7. The van der Waals surface area contributed by atoms with E-state index < -0.39 is 19.7 Å². The van der Waals surface area contributed by atoms with Crippen LogP contribution in [0.1, 0.15) is 0 Å². The van der Waals surface area contributed by atoms with Crippen LogP contribution in [0.4, 0.5) is 0 Å². The molecule has 1 N–H and O–H groups in total. The molecule has 0 saturated carbocycles. The third kappa shape index (κ3) is 3.20. The van der Waals surface area contributed by atoms with Crippen LogP contribution in [-0.4, -0.2) is 21.8 Å². The summed E-state index contributed by atoms with van der Waals surface area (Å²) in [6, 6.07) is 11.4. The van der Waals surface area contributed by atoms with E-state index in [9.17, 15) is 16.8 Å². The second-order valence-corrected chi connectivity index (χ2v) is 9.73. The molecule has 5 nitrogen and oxygen atoms in total. The minimum absolute atomic E-state index is 0.000175. The summed E-state index contributed by atoms with van der Waals surface area (Å²) in [5.74, 6) is 0. The Morgan fingerprint density at radius 2 is 1.24 bits per heavy atom. The third-order valence-electron chi connectivity index (χ3n) is 3.51. The maximum atomic E-state index is 12.9. The first kappa shape index (κ1) is 18.0. The van der Waals surface area contributed by atoms with Crippen molar-refractivity contribution in [2.24, 2.45) is 0 Å². The molecule has 0 aliphatic heterocycles. The van der Waals surface area contributed by atoms with Gasteiger partial charge >= 0.3 is 0 Å². The summed E-state index contributed by atoms with van der Waals surface area (Å²) in [6.07, 6.45) is 2.28. The predicted octanol–water partition coefficient (Wildman–Crippen LogP) is 3.99. The van der Waals surface area contributed by atoms with E-state index in [1.165, 1.54) is 30.3 Å². The number of aromatic nitrogens is 1. The van der Waals surface area contributed by atoms with Gasteiger partial charge in [0.1, 0.15) is 9.79 Å². The first-order valence-electron chi connectivity index (χ1n) is 6.91. The average molecular weight is 416 g/mol. The number of H-pyrrole nitrogens is 1. The molecule has 1 heterocycles. The van der Waals surface area contributed by atoms with Gasteiger partial charge in [-0.3, -0.25) is 0 Å². The molecule has 3 rings (SSSR count). The zero-order valence-electron chi connectivity index (χ0n) is 12.5. The van der Waals surface area contributed by atoms with Crippen LogP contribution in [0.25, 0.3) is 0 Å². The molecule has 25 heavy (non-hydrogen) atoms. The van der Waals surface area contributed by atoms with E-state index in [-0.39, 0.29) is 29.6 Å². The topological polar surface area (TPSA) is 84.1 Å². The molecule has 1 aromatic heterocycles. The molecule has 130 valence electrons. The van der Waals surface area contributed by atoms with Crippen molar-refractivity contribution in [3.63, 3.8) is 0 Å². The number of aromatic amines is 1. The van der Waals surface area contributed by atoms with Gasteiger partial charge < -0.3 is 4.98 Å². The number of hydrogen-bond acceptors (Lipinski definition) is 4. The van der Waals surface area contributed by atoms with Crippen molar-refractivity contribution in [1.29, 1.82) is 0 Å². The molecule has 9 heteroatoms. The molecule has 0 bridgehead atoms. The fourth-order valence-electron chi connectivity index (χ4n) is 2.25. The molecule has 0 aliphatic carbocycles. The summed E-state index contributed by atoms with van der Waals surface area (Å²) in [6.45, 7) is 0. The zero-order valence-corrected chi connectivity index (χ0v) is 15.6. The number of halogens is 2. The van der Waals surface area contributed by atoms with E-state index in [1.807, 2.05) is 0 Å². The van der Waals surface area contributed by atoms with Crippen LogP contribution in [0.2, 0.25) is 10.0 Å². The van der Waals surface area contributed by atoms with Crippen molar-refractivity contribution in [3.8, 4) is 0 Å². The number of benzene rings is 2. The van der Waals surface area contributed by atoms with E-state index in [0.717, 1.165) is 12.4 Å². The predicted molar refractivity (Wildman–Crippen MR) is 94.6 cm³/mol. The summed E-state index contributed by atoms with van der Waals surface area (Å²) in [4.78, 5) is 1.73. The summed E-state index contributed by atoms with van der Waals surface area (Å²) in [5, 5.41) is 0.262. The van der Waals surface area contributed by atoms with Crippen molar-refractivity contribution in [2.45, 2.75) is 19.6 Å². The quantitative estimate of drug-likeness (QED) is 0.697. The van der Waals surface area contributed by atoms with Crippen molar-refractivity contribution in [1.82, 2.24) is 4.98 Å². The molecular formula is C16H11Cl2NO4S2. The van der Waals surface area contributed by atoms with Gasteiger partial charge in [0.05, 0.1) is 19.8 Å². The van der Waals surface area contributed by atoms with Gasteiger partial charge in [0, 0.05) is 12.4 Å². The molecule has 0 radical (unpaired) electrons. The lowest BCUT2D eigenvalue weighted by Crippen LogP contribution is -2.08. The molecule has 3 aromatic rings. The molecule has 0 unspecified atom stereocenters. The first-order chi connectivity index (χ1) is 11.7. The maximum Gasteiger partial charge on any atom is 0.209 e. The largest absolute Gasteiger partial charge is 0.365 e. The van der Waals surface area contributed by atoms with Gasteiger partial charge in [0.25, 0.3) is 0 Å². The van der Waals surface area contributed by atoms with Crippen LogP contribution < -0.4 is 0 Å². The Labute approximate surface area is 155 Å². The molecule has 0 fully saturated rings.